The van der Waals surface area contributed by atoms with Gasteiger partial charge >= 0.3 is 0 Å². The van der Waals surface area contributed by atoms with Crippen LogP contribution in [0.1, 0.15) is 41.9 Å². The lowest BCUT2D eigenvalue weighted by Crippen LogP contribution is -2.41. The van der Waals surface area contributed by atoms with Crippen molar-refractivity contribution in [3.05, 3.63) is 26.6 Å². The van der Waals surface area contributed by atoms with Crippen molar-refractivity contribution in [1.29, 1.82) is 0 Å². The standard InChI is InChI=1S/C20H28N4O3S/c25-17(21-8-9-24-10-12-27-13-11-24)7-6-16-22-19(26)18-14-4-2-1-3-5-15(14)28-20(18)23-16/h1-13H2,(H,21,25)(H,22,23,26). The molecule has 0 bridgehead atoms. The van der Waals surface area contributed by atoms with E-state index in [1.165, 1.54) is 23.3 Å². The largest absolute Gasteiger partial charge is 0.379 e. The molecule has 0 saturated carbocycles. The number of carbonyl (C=O) groups is 1. The van der Waals surface area contributed by atoms with Crippen LogP contribution in [0.15, 0.2) is 4.79 Å². The first-order valence-corrected chi connectivity index (χ1v) is 11.1. The molecule has 2 N–H and O–H groups in total. The fraction of sp³-hybridized carbons (Fsp3) is 0.650. The molecule has 152 valence electrons. The third-order valence-electron chi connectivity index (χ3n) is 5.57. The summed E-state index contributed by atoms with van der Waals surface area (Å²) in [5.74, 6) is 0.607. The number of nitrogens with one attached hydrogen (secondary N) is 2. The second-order valence-electron chi connectivity index (χ2n) is 7.56. The van der Waals surface area contributed by atoms with Crippen LogP contribution in [0.4, 0.5) is 0 Å². The molecule has 0 unspecified atom stereocenters. The maximum absolute atomic E-state index is 12.6. The number of carbonyl (C=O) groups excluding carboxylic acids is 1. The molecule has 0 spiro atoms. The van der Waals surface area contributed by atoms with Crippen LogP contribution in [0.25, 0.3) is 10.2 Å². The molecule has 4 rings (SSSR count). The second-order valence-corrected chi connectivity index (χ2v) is 8.64. The number of thiophene rings is 1. The fourth-order valence-electron chi connectivity index (χ4n) is 4.00. The molecular formula is C20H28N4O3S. The van der Waals surface area contributed by atoms with Crippen LogP contribution >= 0.6 is 11.3 Å². The lowest BCUT2D eigenvalue weighted by Gasteiger charge is -2.26. The normalized spacial score (nSPS) is 18.0. The highest BCUT2D eigenvalue weighted by molar-refractivity contribution is 7.18. The van der Waals surface area contributed by atoms with Gasteiger partial charge in [-0.1, -0.05) is 6.42 Å². The molecule has 7 nitrogen and oxygen atoms in total. The summed E-state index contributed by atoms with van der Waals surface area (Å²) < 4.78 is 5.32. The number of H-pyrrole nitrogens is 1. The molecule has 1 amide bonds. The van der Waals surface area contributed by atoms with Crippen LogP contribution < -0.4 is 10.9 Å². The van der Waals surface area contributed by atoms with Gasteiger partial charge in [0.25, 0.3) is 5.56 Å². The Morgan fingerprint density at radius 2 is 2.04 bits per heavy atom. The molecule has 0 aromatic carbocycles. The molecule has 2 aromatic rings. The first kappa shape index (κ1) is 19.5. The van der Waals surface area contributed by atoms with Crippen LogP contribution in [0, 0.1) is 0 Å². The molecule has 8 heteroatoms. The smallest absolute Gasteiger partial charge is 0.259 e. The Kier molecular flexibility index (Phi) is 6.39. The van der Waals surface area contributed by atoms with Gasteiger partial charge in [0.1, 0.15) is 10.7 Å². The van der Waals surface area contributed by atoms with Crippen LogP contribution in [-0.2, 0) is 28.8 Å². The Bertz CT molecular complexity index is 885. The van der Waals surface area contributed by atoms with Gasteiger partial charge in [-0.25, -0.2) is 4.98 Å². The van der Waals surface area contributed by atoms with Crippen LogP contribution in [-0.4, -0.2) is 60.2 Å². The highest BCUT2D eigenvalue weighted by Gasteiger charge is 2.19. The first-order valence-electron chi connectivity index (χ1n) is 10.3. The number of rotatable bonds is 6. The van der Waals surface area contributed by atoms with Gasteiger partial charge in [-0.2, -0.15) is 0 Å². The molecule has 3 heterocycles. The zero-order valence-electron chi connectivity index (χ0n) is 16.2. The predicted molar refractivity (Wildman–Crippen MR) is 110 cm³/mol. The zero-order valence-corrected chi connectivity index (χ0v) is 17.0. The number of aromatic amines is 1. The van der Waals surface area contributed by atoms with Crippen LogP contribution in [0.2, 0.25) is 0 Å². The maximum atomic E-state index is 12.6. The van der Waals surface area contributed by atoms with Gasteiger partial charge < -0.3 is 15.0 Å². The number of nitrogens with zero attached hydrogens (tertiary/aromatic N) is 2. The number of ether oxygens (including phenoxy) is 1. The van der Waals surface area contributed by atoms with Gasteiger partial charge in [-0.3, -0.25) is 14.5 Å². The lowest BCUT2D eigenvalue weighted by molar-refractivity contribution is -0.121. The summed E-state index contributed by atoms with van der Waals surface area (Å²) >= 11 is 1.66. The number of hydrogen-bond acceptors (Lipinski definition) is 6. The molecule has 28 heavy (non-hydrogen) atoms. The van der Waals surface area contributed by atoms with E-state index in [-0.39, 0.29) is 11.5 Å². The Morgan fingerprint density at radius 3 is 2.89 bits per heavy atom. The molecular weight excluding hydrogens is 376 g/mol. The third-order valence-corrected chi connectivity index (χ3v) is 6.75. The van der Waals surface area contributed by atoms with Crippen LogP contribution in [0.5, 0.6) is 0 Å². The van der Waals surface area contributed by atoms with Gasteiger partial charge in [-0.05, 0) is 31.2 Å². The predicted octanol–water partition coefficient (Wildman–Crippen LogP) is 1.63. The molecule has 2 aromatic heterocycles. The van der Waals surface area contributed by atoms with E-state index in [9.17, 15) is 9.59 Å². The summed E-state index contributed by atoms with van der Waals surface area (Å²) in [5.41, 5.74) is 1.16. The highest BCUT2D eigenvalue weighted by atomic mass is 32.1. The zero-order chi connectivity index (χ0) is 19.3. The monoisotopic (exact) mass is 404 g/mol. The van der Waals surface area contributed by atoms with E-state index in [0.29, 0.717) is 25.2 Å². The number of amides is 1. The second kappa shape index (κ2) is 9.15. The Balaban J connectivity index is 1.33. The average Bonchev–Trinajstić information content (AvgIpc) is 2.89. The van der Waals surface area contributed by atoms with Gasteiger partial charge in [0, 0.05) is 43.9 Å². The van der Waals surface area contributed by atoms with E-state index in [4.69, 9.17) is 4.74 Å². The molecule has 2 aliphatic rings. The minimum atomic E-state index is -0.0490. The minimum Gasteiger partial charge on any atom is -0.379 e. The first-order chi connectivity index (χ1) is 13.7. The fourth-order valence-corrected chi connectivity index (χ4v) is 5.28. The maximum Gasteiger partial charge on any atom is 0.259 e. The third kappa shape index (κ3) is 4.61. The summed E-state index contributed by atoms with van der Waals surface area (Å²) in [6.45, 7) is 4.86. The van der Waals surface area contributed by atoms with E-state index >= 15 is 0 Å². The number of hydrogen-bond donors (Lipinski definition) is 2. The van der Waals surface area contributed by atoms with Crippen molar-refractivity contribution in [2.45, 2.75) is 44.9 Å². The van der Waals surface area contributed by atoms with Gasteiger partial charge in [-0.15, -0.1) is 11.3 Å². The molecule has 0 atom stereocenters. The topological polar surface area (TPSA) is 87.3 Å². The van der Waals surface area contributed by atoms with Crippen molar-refractivity contribution >= 4 is 27.5 Å². The van der Waals surface area contributed by atoms with Gasteiger partial charge in [0.2, 0.25) is 5.91 Å². The van der Waals surface area contributed by atoms with Gasteiger partial charge in [0.05, 0.1) is 18.6 Å². The average molecular weight is 405 g/mol. The number of aryl methyl sites for hydroxylation is 3. The number of fused-ring (bicyclic) bond motifs is 3. The lowest BCUT2D eigenvalue weighted by atomic mass is 10.1. The minimum absolute atomic E-state index is 0.00188. The van der Waals surface area contributed by atoms with Crippen molar-refractivity contribution in [1.82, 2.24) is 20.2 Å². The van der Waals surface area contributed by atoms with Crippen molar-refractivity contribution in [3.63, 3.8) is 0 Å². The van der Waals surface area contributed by atoms with Crippen molar-refractivity contribution in [2.24, 2.45) is 0 Å². The Hall–Kier alpha value is -1.77. The van der Waals surface area contributed by atoms with Crippen molar-refractivity contribution in [2.75, 3.05) is 39.4 Å². The Morgan fingerprint density at radius 1 is 1.21 bits per heavy atom. The molecule has 1 fully saturated rings. The van der Waals surface area contributed by atoms with Crippen molar-refractivity contribution < 1.29 is 9.53 Å². The number of aromatic nitrogens is 2. The van der Waals surface area contributed by atoms with E-state index in [1.807, 2.05) is 0 Å². The van der Waals surface area contributed by atoms with E-state index in [0.717, 1.165) is 62.3 Å². The summed E-state index contributed by atoms with van der Waals surface area (Å²) in [6.07, 6.45) is 6.38. The molecule has 1 saturated heterocycles. The summed E-state index contributed by atoms with van der Waals surface area (Å²) in [5, 5.41) is 3.74. The van der Waals surface area contributed by atoms with Crippen LogP contribution in [0.3, 0.4) is 0 Å². The van der Waals surface area contributed by atoms with Gasteiger partial charge in [0.15, 0.2) is 0 Å². The highest BCUT2D eigenvalue weighted by Crippen LogP contribution is 2.32. The quantitative estimate of drug-likeness (QED) is 0.715. The summed E-state index contributed by atoms with van der Waals surface area (Å²) in [6, 6.07) is 0. The number of morpholine rings is 1. The van der Waals surface area contributed by atoms with E-state index in [1.54, 1.807) is 11.3 Å². The molecule has 0 radical (unpaired) electrons. The molecule has 1 aliphatic heterocycles. The van der Waals surface area contributed by atoms with E-state index in [2.05, 4.69) is 20.2 Å². The van der Waals surface area contributed by atoms with E-state index < -0.39 is 0 Å². The SMILES string of the molecule is O=C(CCc1nc2sc3c(c2c(=O)[nH]1)CCCCC3)NCCN1CCOCC1. The van der Waals surface area contributed by atoms with Crippen molar-refractivity contribution in [3.8, 4) is 0 Å². The summed E-state index contributed by atoms with van der Waals surface area (Å²) in [4.78, 5) is 36.8. The molecule has 1 aliphatic carbocycles. The Labute approximate surface area is 168 Å². The summed E-state index contributed by atoms with van der Waals surface area (Å²) in [7, 11) is 0.